The highest BCUT2D eigenvalue weighted by Crippen LogP contribution is 2.22. The Kier molecular flexibility index (Phi) is 5.91. The lowest BCUT2D eigenvalue weighted by Crippen LogP contribution is -2.21. The SMILES string of the molecule is COCc1nc(Cc2ccc(C)cc2)sc1CNC(C)C. The van der Waals surface area contributed by atoms with Crippen molar-refractivity contribution in [3.05, 3.63) is 51.0 Å². The molecule has 0 fully saturated rings. The second kappa shape index (κ2) is 7.69. The highest BCUT2D eigenvalue weighted by atomic mass is 32.1. The van der Waals surface area contributed by atoms with E-state index in [1.165, 1.54) is 16.0 Å². The molecule has 0 radical (unpaired) electrons. The van der Waals surface area contributed by atoms with Crippen molar-refractivity contribution in [3.63, 3.8) is 0 Å². The molecule has 1 aromatic heterocycles. The molecule has 4 heteroatoms. The molecule has 0 spiro atoms. The molecule has 0 aliphatic heterocycles. The highest BCUT2D eigenvalue weighted by molar-refractivity contribution is 7.11. The molecule has 3 nitrogen and oxygen atoms in total. The molecule has 2 rings (SSSR count). The number of aromatic nitrogens is 1. The number of nitrogens with zero attached hydrogens (tertiary/aromatic N) is 1. The minimum atomic E-state index is 0.475. The molecule has 0 saturated heterocycles. The molecule has 0 bridgehead atoms. The van der Waals surface area contributed by atoms with Crippen LogP contribution < -0.4 is 5.32 Å². The summed E-state index contributed by atoms with van der Waals surface area (Å²) < 4.78 is 5.27. The van der Waals surface area contributed by atoms with Gasteiger partial charge in [0.2, 0.25) is 0 Å². The third-order valence-corrected chi connectivity index (χ3v) is 4.35. The van der Waals surface area contributed by atoms with Gasteiger partial charge in [0.15, 0.2) is 0 Å². The summed E-state index contributed by atoms with van der Waals surface area (Å²) in [6.07, 6.45) is 0.892. The van der Waals surface area contributed by atoms with E-state index < -0.39 is 0 Å². The van der Waals surface area contributed by atoms with Crippen LogP contribution in [0, 0.1) is 6.92 Å². The van der Waals surface area contributed by atoms with Crippen LogP contribution >= 0.6 is 11.3 Å². The van der Waals surface area contributed by atoms with E-state index in [2.05, 4.69) is 50.4 Å². The molecule has 2 aromatic rings. The second-order valence-electron chi connectivity index (χ2n) is 5.61. The zero-order chi connectivity index (χ0) is 15.2. The van der Waals surface area contributed by atoms with Crippen molar-refractivity contribution in [3.8, 4) is 0 Å². The Morgan fingerprint density at radius 1 is 1.24 bits per heavy atom. The van der Waals surface area contributed by atoms with Crippen molar-refractivity contribution in [1.29, 1.82) is 0 Å². The minimum Gasteiger partial charge on any atom is -0.378 e. The zero-order valence-corrected chi connectivity index (χ0v) is 14.1. The summed E-state index contributed by atoms with van der Waals surface area (Å²) in [5, 5.41) is 4.62. The number of benzene rings is 1. The zero-order valence-electron chi connectivity index (χ0n) is 13.3. The average Bonchev–Trinajstić information content (AvgIpc) is 2.81. The third-order valence-electron chi connectivity index (χ3n) is 3.25. The van der Waals surface area contributed by atoms with Gasteiger partial charge < -0.3 is 10.1 Å². The van der Waals surface area contributed by atoms with Gasteiger partial charge in [0, 0.05) is 31.0 Å². The van der Waals surface area contributed by atoms with Gasteiger partial charge in [-0.2, -0.15) is 0 Å². The molecule has 0 aliphatic rings. The molecule has 1 aromatic carbocycles. The van der Waals surface area contributed by atoms with E-state index in [0.29, 0.717) is 12.6 Å². The van der Waals surface area contributed by atoms with Crippen LogP contribution in [0.4, 0.5) is 0 Å². The largest absolute Gasteiger partial charge is 0.378 e. The monoisotopic (exact) mass is 304 g/mol. The number of hydrogen-bond acceptors (Lipinski definition) is 4. The number of aryl methyl sites for hydroxylation is 1. The van der Waals surface area contributed by atoms with Gasteiger partial charge in [-0.15, -0.1) is 11.3 Å². The van der Waals surface area contributed by atoms with E-state index in [1.54, 1.807) is 18.4 Å². The summed E-state index contributed by atoms with van der Waals surface area (Å²) >= 11 is 1.79. The van der Waals surface area contributed by atoms with Crippen LogP contribution in [0.15, 0.2) is 24.3 Å². The molecule has 1 heterocycles. The number of hydrogen-bond donors (Lipinski definition) is 1. The summed E-state index contributed by atoms with van der Waals surface area (Å²) in [6, 6.07) is 9.14. The van der Waals surface area contributed by atoms with Crippen molar-refractivity contribution in [2.75, 3.05) is 7.11 Å². The van der Waals surface area contributed by atoms with Crippen molar-refractivity contribution in [2.24, 2.45) is 0 Å². The van der Waals surface area contributed by atoms with E-state index in [1.807, 2.05) is 0 Å². The van der Waals surface area contributed by atoms with Gasteiger partial charge in [-0.3, -0.25) is 0 Å². The predicted octanol–water partition coefficient (Wildman–Crippen LogP) is 3.69. The third kappa shape index (κ3) is 4.92. The number of rotatable bonds is 7. The smallest absolute Gasteiger partial charge is 0.0976 e. The molecule has 21 heavy (non-hydrogen) atoms. The summed E-state index contributed by atoms with van der Waals surface area (Å²) in [7, 11) is 1.72. The van der Waals surface area contributed by atoms with Crippen LogP contribution in [0.25, 0.3) is 0 Å². The molecule has 0 aliphatic carbocycles. The van der Waals surface area contributed by atoms with Crippen LogP contribution in [-0.4, -0.2) is 18.1 Å². The first-order valence-electron chi connectivity index (χ1n) is 7.33. The maximum Gasteiger partial charge on any atom is 0.0976 e. The average molecular weight is 304 g/mol. The Labute approximate surface area is 131 Å². The van der Waals surface area contributed by atoms with Crippen LogP contribution in [0.1, 0.15) is 40.6 Å². The maximum absolute atomic E-state index is 5.27. The van der Waals surface area contributed by atoms with Crippen molar-refractivity contribution in [1.82, 2.24) is 10.3 Å². The summed E-state index contributed by atoms with van der Waals surface area (Å²) in [5.41, 5.74) is 3.67. The van der Waals surface area contributed by atoms with E-state index in [9.17, 15) is 0 Å². The Balaban J connectivity index is 2.12. The predicted molar refractivity (Wildman–Crippen MR) is 88.8 cm³/mol. The van der Waals surface area contributed by atoms with E-state index in [4.69, 9.17) is 9.72 Å². The summed E-state index contributed by atoms with van der Waals surface area (Å²) in [5.74, 6) is 0. The topological polar surface area (TPSA) is 34.1 Å². The lowest BCUT2D eigenvalue weighted by atomic mass is 10.1. The maximum atomic E-state index is 5.27. The lowest BCUT2D eigenvalue weighted by molar-refractivity contribution is 0.181. The van der Waals surface area contributed by atoms with Gasteiger partial charge in [-0.05, 0) is 12.5 Å². The molecule has 0 unspecified atom stereocenters. The molecular formula is C17H24N2OS. The molecule has 0 atom stereocenters. The van der Waals surface area contributed by atoms with E-state index in [0.717, 1.165) is 23.7 Å². The molecule has 114 valence electrons. The first kappa shape index (κ1) is 16.1. The van der Waals surface area contributed by atoms with Gasteiger partial charge >= 0.3 is 0 Å². The number of thiazole rings is 1. The Morgan fingerprint density at radius 3 is 2.57 bits per heavy atom. The quantitative estimate of drug-likeness (QED) is 0.847. The van der Waals surface area contributed by atoms with Crippen LogP contribution in [0.5, 0.6) is 0 Å². The minimum absolute atomic E-state index is 0.475. The normalized spacial score (nSPS) is 11.3. The van der Waals surface area contributed by atoms with Gasteiger partial charge in [-0.25, -0.2) is 4.98 Å². The lowest BCUT2D eigenvalue weighted by Gasteiger charge is -2.07. The Bertz CT molecular complexity index is 561. The van der Waals surface area contributed by atoms with Gasteiger partial charge in [0.1, 0.15) is 0 Å². The van der Waals surface area contributed by atoms with Gasteiger partial charge in [-0.1, -0.05) is 43.7 Å². The first-order chi connectivity index (χ1) is 10.1. The Morgan fingerprint density at radius 2 is 1.95 bits per heavy atom. The molecule has 0 amide bonds. The van der Waals surface area contributed by atoms with Gasteiger partial charge in [0.25, 0.3) is 0 Å². The molecule has 0 saturated carbocycles. The van der Waals surface area contributed by atoms with Crippen molar-refractivity contribution in [2.45, 2.75) is 46.4 Å². The van der Waals surface area contributed by atoms with Crippen LogP contribution in [0.2, 0.25) is 0 Å². The first-order valence-corrected chi connectivity index (χ1v) is 8.15. The van der Waals surface area contributed by atoms with Gasteiger partial charge in [0.05, 0.1) is 17.3 Å². The fourth-order valence-electron chi connectivity index (χ4n) is 2.08. The van der Waals surface area contributed by atoms with E-state index >= 15 is 0 Å². The fraction of sp³-hybridized carbons (Fsp3) is 0.471. The van der Waals surface area contributed by atoms with Crippen LogP contribution in [0.3, 0.4) is 0 Å². The summed E-state index contributed by atoms with van der Waals surface area (Å²) in [4.78, 5) is 6.03. The number of methoxy groups -OCH3 is 1. The van der Waals surface area contributed by atoms with Crippen molar-refractivity contribution >= 4 is 11.3 Å². The summed E-state index contributed by atoms with van der Waals surface area (Å²) in [6.45, 7) is 7.87. The fourth-order valence-corrected chi connectivity index (χ4v) is 3.13. The number of nitrogens with one attached hydrogen (secondary N) is 1. The Hall–Kier alpha value is -1.23. The molecular weight excluding hydrogens is 280 g/mol. The number of ether oxygens (including phenoxy) is 1. The van der Waals surface area contributed by atoms with E-state index in [-0.39, 0.29) is 0 Å². The standard InChI is InChI=1S/C17H24N2OS/c1-12(2)18-10-16-15(11-20-4)19-17(21-16)9-14-7-5-13(3)6-8-14/h5-8,12,18H,9-11H2,1-4H3. The second-order valence-corrected chi connectivity index (χ2v) is 6.78. The van der Waals surface area contributed by atoms with Crippen LogP contribution in [-0.2, 0) is 24.3 Å². The highest BCUT2D eigenvalue weighted by Gasteiger charge is 2.12. The molecule has 1 N–H and O–H groups in total. The van der Waals surface area contributed by atoms with Crippen molar-refractivity contribution < 1.29 is 4.74 Å².